The van der Waals surface area contributed by atoms with E-state index in [1.807, 2.05) is 109 Å². The Morgan fingerprint density at radius 3 is 1.47 bits per heavy atom. The molecule has 0 saturated heterocycles. The van der Waals surface area contributed by atoms with Crippen molar-refractivity contribution in [3.8, 4) is 0 Å². The van der Waals surface area contributed by atoms with E-state index in [0.717, 1.165) is 11.1 Å². The monoisotopic (exact) mass is 809 g/mol. The van der Waals surface area contributed by atoms with Crippen molar-refractivity contribution in [3.63, 3.8) is 0 Å². The minimum atomic E-state index is -1.37. The lowest BCUT2D eigenvalue weighted by atomic mass is 9.91. The lowest BCUT2D eigenvalue weighted by Crippen LogP contribution is -2.58. The number of nitrogens with one attached hydrogen (secondary N) is 5. The summed E-state index contributed by atoms with van der Waals surface area (Å²) in [6.45, 7) is 14.8. The maximum atomic E-state index is 14.1. The summed E-state index contributed by atoms with van der Waals surface area (Å²) in [5.74, 6) is -3.26. The largest absolute Gasteiger partial charge is 0.469 e. The van der Waals surface area contributed by atoms with Crippen LogP contribution in [0.5, 0.6) is 0 Å². The van der Waals surface area contributed by atoms with Gasteiger partial charge in [0.05, 0.1) is 44.2 Å². The second kappa shape index (κ2) is 24.2. The van der Waals surface area contributed by atoms with Crippen LogP contribution in [0.2, 0.25) is 0 Å². The fourth-order valence-electron chi connectivity index (χ4n) is 6.44. The number of ether oxygens (including phenoxy) is 1. The summed E-state index contributed by atoms with van der Waals surface area (Å²) in [6.07, 6.45) is -2.21. The summed E-state index contributed by atoms with van der Waals surface area (Å²) in [6, 6.07) is 13.5. The van der Waals surface area contributed by atoms with Crippen LogP contribution in [-0.4, -0.2) is 95.2 Å². The lowest BCUT2D eigenvalue weighted by molar-refractivity contribution is -0.144. The number of rotatable bonds is 23. The number of amides is 5. The van der Waals surface area contributed by atoms with Crippen LogP contribution in [0.25, 0.3) is 0 Å². The zero-order valence-electron chi connectivity index (χ0n) is 35.7. The van der Waals surface area contributed by atoms with E-state index < -0.39 is 78.4 Å². The highest BCUT2D eigenvalue weighted by molar-refractivity contribution is 5.93. The molecule has 0 heterocycles. The van der Waals surface area contributed by atoms with Crippen LogP contribution >= 0.6 is 0 Å². The van der Waals surface area contributed by atoms with Crippen LogP contribution in [0.4, 0.5) is 0 Å². The van der Waals surface area contributed by atoms with Gasteiger partial charge in [-0.3, -0.25) is 28.8 Å². The van der Waals surface area contributed by atoms with E-state index in [1.54, 1.807) is 0 Å². The maximum Gasteiger partial charge on any atom is 0.308 e. The molecule has 0 unspecified atom stereocenters. The van der Waals surface area contributed by atoms with E-state index in [0.29, 0.717) is 6.42 Å². The van der Waals surface area contributed by atoms with Crippen LogP contribution in [-0.2, 0) is 46.3 Å². The van der Waals surface area contributed by atoms with Gasteiger partial charge >= 0.3 is 5.97 Å². The molecule has 0 bridgehead atoms. The smallest absolute Gasteiger partial charge is 0.308 e. The van der Waals surface area contributed by atoms with E-state index in [2.05, 4.69) is 31.3 Å². The van der Waals surface area contributed by atoms with Crippen LogP contribution in [0.1, 0.15) is 98.6 Å². The van der Waals surface area contributed by atoms with Crippen molar-refractivity contribution in [3.05, 3.63) is 71.8 Å². The summed E-state index contributed by atoms with van der Waals surface area (Å²) in [5.41, 5.74) is 1.26. The topological polar surface area (TPSA) is 212 Å². The van der Waals surface area contributed by atoms with Gasteiger partial charge in [-0.05, 0) is 48.1 Å². The van der Waals surface area contributed by atoms with Gasteiger partial charge in [0, 0.05) is 19.3 Å². The van der Waals surface area contributed by atoms with Gasteiger partial charge in [0.25, 0.3) is 0 Å². The molecule has 0 spiro atoms. The molecule has 7 N–H and O–H groups in total. The first kappa shape index (κ1) is 49.3. The second-order valence-electron chi connectivity index (χ2n) is 17.2. The fourth-order valence-corrected chi connectivity index (χ4v) is 6.44. The number of aliphatic hydroxyl groups is 2. The van der Waals surface area contributed by atoms with E-state index in [4.69, 9.17) is 0 Å². The zero-order chi connectivity index (χ0) is 43.6. The Balaban J connectivity index is 2.25. The third-order valence-corrected chi connectivity index (χ3v) is 9.34. The molecule has 7 atom stereocenters. The van der Waals surface area contributed by atoms with E-state index >= 15 is 0 Å². The number of hydrogen-bond acceptors (Lipinski definition) is 9. The molecule has 0 radical (unpaired) electrons. The van der Waals surface area contributed by atoms with Crippen LogP contribution in [0.15, 0.2) is 60.7 Å². The first-order chi connectivity index (χ1) is 27.2. The number of benzene rings is 2. The van der Waals surface area contributed by atoms with Gasteiger partial charge in [-0.25, -0.2) is 0 Å². The molecule has 14 nitrogen and oxygen atoms in total. The standard InChI is InChI=1S/C44H67N5O9/c1-27(2)20-32(36(50)24-38(52)45-29(5)41(55)47-33(21-28(3)4)37(51)25-40(54)58-9)48-43(57)35(23-31-18-14-11-15-19-31)49-42(56)34(22-30-16-12-10-13-17-30)46-39(53)26-44(6,7)8/h10-19,27-29,32-37,50-51H,20-26H2,1-9H3,(H,45,52)(H,46,53)(H,47,55)(H,48,57)(H,49,56)/t29-,32-,33-,34-,35-,36-,37-/m0/s1. The van der Waals surface area contributed by atoms with Crippen molar-refractivity contribution >= 4 is 35.5 Å². The van der Waals surface area contributed by atoms with Crippen molar-refractivity contribution in [1.29, 1.82) is 0 Å². The molecule has 322 valence electrons. The Kier molecular flexibility index (Phi) is 20.6. The number of esters is 1. The molecule has 0 aliphatic rings. The molecule has 0 aliphatic heterocycles. The molecule has 0 saturated carbocycles. The molecule has 14 heteroatoms. The fraction of sp³-hybridized carbons (Fsp3) is 0.591. The molecule has 2 aromatic carbocycles. The third-order valence-electron chi connectivity index (χ3n) is 9.34. The van der Waals surface area contributed by atoms with Gasteiger partial charge in [-0.2, -0.15) is 0 Å². The van der Waals surface area contributed by atoms with Crippen molar-refractivity contribution in [2.24, 2.45) is 17.3 Å². The minimum Gasteiger partial charge on any atom is -0.469 e. The Morgan fingerprint density at radius 2 is 1.02 bits per heavy atom. The quantitative estimate of drug-likeness (QED) is 0.0821. The molecule has 0 aliphatic carbocycles. The predicted molar refractivity (Wildman–Crippen MR) is 222 cm³/mol. The van der Waals surface area contributed by atoms with Crippen LogP contribution in [0, 0.1) is 17.3 Å². The molecule has 58 heavy (non-hydrogen) atoms. The summed E-state index contributed by atoms with van der Waals surface area (Å²) in [5, 5.41) is 35.9. The first-order valence-corrected chi connectivity index (χ1v) is 20.2. The Bertz CT molecular complexity index is 1610. The van der Waals surface area contributed by atoms with Gasteiger partial charge in [0.1, 0.15) is 18.1 Å². The maximum absolute atomic E-state index is 14.1. The highest BCUT2D eigenvalue weighted by Gasteiger charge is 2.33. The molecular formula is C44H67N5O9. The van der Waals surface area contributed by atoms with Crippen molar-refractivity contribution in [2.75, 3.05) is 7.11 Å². The zero-order valence-corrected chi connectivity index (χ0v) is 35.7. The number of hydrogen-bond donors (Lipinski definition) is 7. The van der Waals surface area contributed by atoms with Crippen LogP contribution < -0.4 is 26.6 Å². The SMILES string of the molecule is COC(=O)C[C@H](O)[C@H](CC(C)C)NC(=O)[C@H](C)NC(=O)C[C@H](O)[C@H](CC(C)C)NC(=O)[C@H](Cc1ccccc1)NC(=O)[C@H](Cc1ccccc1)NC(=O)CC(C)(C)C. The van der Waals surface area contributed by atoms with Crippen molar-refractivity contribution in [2.45, 2.75) is 143 Å². The summed E-state index contributed by atoms with van der Waals surface area (Å²) >= 11 is 0. The van der Waals surface area contributed by atoms with Gasteiger partial charge in [0.2, 0.25) is 29.5 Å². The Hall–Kier alpha value is -4.82. The minimum absolute atomic E-state index is 0.0162. The number of aliphatic hydroxyl groups excluding tert-OH is 2. The lowest BCUT2D eigenvalue weighted by Gasteiger charge is -2.29. The first-order valence-electron chi connectivity index (χ1n) is 20.2. The Labute approximate surface area is 344 Å². The van der Waals surface area contributed by atoms with Gasteiger partial charge in [0.15, 0.2) is 0 Å². The van der Waals surface area contributed by atoms with Crippen molar-refractivity contribution in [1.82, 2.24) is 26.6 Å². The average molecular weight is 810 g/mol. The second-order valence-corrected chi connectivity index (χ2v) is 17.2. The van der Waals surface area contributed by atoms with Crippen LogP contribution in [0.3, 0.4) is 0 Å². The molecule has 5 amide bonds. The highest BCUT2D eigenvalue weighted by atomic mass is 16.5. The van der Waals surface area contributed by atoms with Gasteiger partial charge < -0.3 is 41.5 Å². The average Bonchev–Trinajstić information content (AvgIpc) is 3.13. The third kappa shape index (κ3) is 19.1. The molecule has 0 aromatic heterocycles. The Morgan fingerprint density at radius 1 is 0.586 bits per heavy atom. The van der Waals surface area contributed by atoms with Gasteiger partial charge in [-0.1, -0.05) is 109 Å². The predicted octanol–water partition coefficient (Wildman–Crippen LogP) is 3.12. The highest BCUT2D eigenvalue weighted by Crippen LogP contribution is 2.19. The summed E-state index contributed by atoms with van der Waals surface area (Å²) < 4.78 is 4.65. The number of methoxy groups -OCH3 is 1. The summed E-state index contributed by atoms with van der Waals surface area (Å²) in [7, 11) is 1.20. The van der Waals surface area contributed by atoms with E-state index in [1.165, 1.54) is 14.0 Å². The molecular weight excluding hydrogens is 743 g/mol. The normalized spacial score (nSPS) is 15.2. The molecule has 2 aromatic rings. The van der Waals surface area contributed by atoms with E-state index in [-0.39, 0.29) is 55.3 Å². The number of carbonyl (C=O) groups excluding carboxylic acids is 6. The number of carbonyl (C=O) groups is 6. The van der Waals surface area contributed by atoms with Crippen molar-refractivity contribution < 1.29 is 43.7 Å². The molecule has 2 rings (SSSR count). The van der Waals surface area contributed by atoms with E-state index in [9.17, 15) is 39.0 Å². The van der Waals surface area contributed by atoms with Gasteiger partial charge in [-0.15, -0.1) is 0 Å². The summed E-state index contributed by atoms with van der Waals surface area (Å²) in [4.78, 5) is 79.2. The molecule has 0 fully saturated rings.